The van der Waals surface area contributed by atoms with E-state index in [1.807, 2.05) is 0 Å². The zero-order chi connectivity index (χ0) is 15.2. The molecule has 1 fully saturated rings. The molecule has 8 heteroatoms. The van der Waals surface area contributed by atoms with Gasteiger partial charge in [0, 0.05) is 13.0 Å². The van der Waals surface area contributed by atoms with Gasteiger partial charge in [-0.05, 0) is 19.4 Å². The van der Waals surface area contributed by atoms with Crippen LogP contribution in [-0.4, -0.2) is 51.2 Å². The Morgan fingerprint density at radius 2 is 2.05 bits per heavy atom. The SMILES string of the molecule is Cc1cc2c(nn1)C(=O)N(C1(C=O)CCC(=O)NC1)C2=O. The molecule has 0 radical (unpaired) electrons. The van der Waals surface area contributed by atoms with E-state index >= 15 is 0 Å². The van der Waals surface area contributed by atoms with Crippen LogP contribution in [0.5, 0.6) is 0 Å². The number of hydrogen-bond donors (Lipinski definition) is 1. The minimum absolute atomic E-state index is 0.0521. The maximum absolute atomic E-state index is 12.5. The first-order chi connectivity index (χ1) is 9.98. The lowest BCUT2D eigenvalue weighted by Gasteiger charge is -2.38. The second kappa shape index (κ2) is 4.44. The summed E-state index contributed by atoms with van der Waals surface area (Å²) in [7, 11) is 0. The molecule has 0 bridgehead atoms. The van der Waals surface area contributed by atoms with E-state index in [-0.39, 0.29) is 36.6 Å². The first-order valence-electron chi connectivity index (χ1n) is 6.45. The molecule has 3 rings (SSSR count). The Hall–Kier alpha value is -2.64. The second-order valence-electron chi connectivity index (χ2n) is 5.19. The maximum Gasteiger partial charge on any atom is 0.283 e. The van der Waals surface area contributed by atoms with Crippen LogP contribution in [-0.2, 0) is 9.59 Å². The highest BCUT2D eigenvalue weighted by molar-refractivity contribution is 6.22. The molecule has 21 heavy (non-hydrogen) atoms. The van der Waals surface area contributed by atoms with Gasteiger partial charge in [-0.15, -0.1) is 5.10 Å². The van der Waals surface area contributed by atoms with Crippen LogP contribution in [0.3, 0.4) is 0 Å². The number of carbonyl (C=O) groups excluding carboxylic acids is 4. The van der Waals surface area contributed by atoms with Gasteiger partial charge >= 0.3 is 0 Å². The molecule has 2 aliphatic heterocycles. The highest BCUT2D eigenvalue weighted by Gasteiger charge is 2.51. The first-order valence-corrected chi connectivity index (χ1v) is 6.45. The Morgan fingerprint density at radius 3 is 2.67 bits per heavy atom. The molecule has 1 unspecified atom stereocenters. The van der Waals surface area contributed by atoms with Crippen LogP contribution in [0.15, 0.2) is 6.07 Å². The smallest absolute Gasteiger partial charge is 0.283 e. The first kappa shape index (κ1) is 13.3. The Kier molecular flexibility index (Phi) is 2.82. The topological polar surface area (TPSA) is 109 Å². The van der Waals surface area contributed by atoms with Crippen molar-refractivity contribution in [1.82, 2.24) is 20.4 Å². The van der Waals surface area contributed by atoms with Gasteiger partial charge < -0.3 is 10.1 Å². The van der Waals surface area contributed by atoms with Crippen molar-refractivity contribution in [2.45, 2.75) is 25.3 Å². The van der Waals surface area contributed by atoms with Gasteiger partial charge in [-0.2, -0.15) is 5.10 Å². The van der Waals surface area contributed by atoms with Gasteiger partial charge in [-0.3, -0.25) is 19.3 Å². The number of imide groups is 1. The zero-order valence-corrected chi connectivity index (χ0v) is 11.3. The second-order valence-corrected chi connectivity index (χ2v) is 5.19. The lowest BCUT2D eigenvalue weighted by molar-refractivity contribution is -0.127. The Bertz CT molecular complexity index is 675. The van der Waals surface area contributed by atoms with Crippen LogP contribution in [0.2, 0.25) is 0 Å². The van der Waals surface area contributed by atoms with Crippen LogP contribution in [0, 0.1) is 6.92 Å². The molecule has 1 aromatic heterocycles. The van der Waals surface area contributed by atoms with Gasteiger partial charge in [-0.1, -0.05) is 0 Å². The van der Waals surface area contributed by atoms with Crippen molar-refractivity contribution >= 4 is 24.0 Å². The summed E-state index contributed by atoms with van der Waals surface area (Å²) in [5.41, 5.74) is -0.750. The van der Waals surface area contributed by atoms with Crippen molar-refractivity contribution in [3.63, 3.8) is 0 Å². The molecule has 0 saturated carbocycles. The molecule has 8 nitrogen and oxygen atoms in total. The molecule has 0 aromatic carbocycles. The molecule has 1 saturated heterocycles. The molecular formula is C13H12N4O4. The average Bonchev–Trinajstić information content (AvgIpc) is 2.73. The van der Waals surface area contributed by atoms with Crippen LogP contribution < -0.4 is 5.32 Å². The van der Waals surface area contributed by atoms with E-state index < -0.39 is 17.4 Å². The normalized spacial score (nSPS) is 24.8. The lowest BCUT2D eigenvalue weighted by Crippen LogP contribution is -2.62. The monoisotopic (exact) mass is 288 g/mol. The van der Waals surface area contributed by atoms with Crippen molar-refractivity contribution in [2.75, 3.05) is 6.54 Å². The third kappa shape index (κ3) is 1.83. The fourth-order valence-corrected chi connectivity index (χ4v) is 2.64. The van der Waals surface area contributed by atoms with Crippen LogP contribution in [0.4, 0.5) is 0 Å². The van der Waals surface area contributed by atoms with Crippen molar-refractivity contribution in [2.24, 2.45) is 0 Å². The highest BCUT2D eigenvalue weighted by Crippen LogP contribution is 2.31. The summed E-state index contributed by atoms with van der Waals surface area (Å²) in [4.78, 5) is 48.6. The van der Waals surface area contributed by atoms with E-state index in [4.69, 9.17) is 0 Å². The summed E-state index contributed by atoms with van der Waals surface area (Å²) in [6, 6.07) is 1.47. The molecule has 3 heterocycles. The van der Waals surface area contributed by atoms with Gasteiger partial charge in [0.25, 0.3) is 11.8 Å². The van der Waals surface area contributed by atoms with Crippen LogP contribution in [0.25, 0.3) is 0 Å². The molecule has 1 aromatic rings. The summed E-state index contributed by atoms with van der Waals surface area (Å²) in [6.45, 7) is 1.58. The van der Waals surface area contributed by atoms with Gasteiger partial charge in [0.15, 0.2) is 5.69 Å². The highest BCUT2D eigenvalue weighted by atomic mass is 16.2. The summed E-state index contributed by atoms with van der Waals surface area (Å²) in [6.07, 6.45) is 0.742. The number of amides is 3. The molecule has 0 aliphatic carbocycles. The summed E-state index contributed by atoms with van der Waals surface area (Å²) >= 11 is 0. The van der Waals surface area contributed by atoms with Crippen LogP contribution >= 0.6 is 0 Å². The predicted molar refractivity (Wildman–Crippen MR) is 68.3 cm³/mol. The van der Waals surface area contributed by atoms with Gasteiger partial charge in [0.2, 0.25) is 5.91 Å². The number of aromatic nitrogens is 2. The molecular weight excluding hydrogens is 276 g/mol. The Balaban J connectivity index is 2.04. The molecule has 1 atom stereocenters. The zero-order valence-electron chi connectivity index (χ0n) is 11.3. The van der Waals surface area contributed by atoms with E-state index in [1.165, 1.54) is 6.07 Å². The minimum Gasteiger partial charge on any atom is -0.353 e. The quantitative estimate of drug-likeness (QED) is 0.565. The third-order valence-electron chi connectivity index (χ3n) is 3.80. The average molecular weight is 288 g/mol. The summed E-state index contributed by atoms with van der Waals surface area (Å²) in [5.74, 6) is -1.43. The number of rotatable bonds is 2. The number of nitrogens with one attached hydrogen (secondary N) is 1. The largest absolute Gasteiger partial charge is 0.353 e. The number of aldehydes is 1. The fourth-order valence-electron chi connectivity index (χ4n) is 2.64. The molecule has 1 N–H and O–H groups in total. The van der Waals surface area contributed by atoms with Gasteiger partial charge in [-0.25, -0.2) is 0 Å². The van der Waals surface area contributed by atoms with Crippen molar-refractivity contribution in [3.05, 3.63) is 23.0 Å². The van der Waals surface area contributed by atoms with Gasteiger partial charge in [0.1, 0.15) is 11.8 Å². The van der Waals surface area contributed by atoms with Crippen molar-refractivity contribution < 1.29 is 19.2 Å². The minimum atomic E-state index is -1.35. The Morgan fingerprint density at radius 1 is 1.29 bits per heavy atom. The number of nitrogens with zero attached hydrogens (tertiary/aromatic N) is 3. The Labute approximate surface area is 119 Å². The van der Waals surface area contributed by atoms with E-state index in [9.17, 15) is 19.2 Å². The van der Waals surface area contributed by atoms with Crippen LogP contribution in [0.1, 0.15) is 39.4 Å². The molecule has 0 spiro atoms. The predicted octanol–water partition coefficient (Wildman–Crippen LogP) is -0.771. The number of hydrogen-bond acceptors (Lipinski definition) is 6. The number of piperidine rings is 1. The maximum atomic E-state index is 12.5. The number of carbonyl (C=O) groups is 4. The van der Waals surface area contributed by atoms with Gasteiger partial charge in [0.05, 0.1) is 11.3 Å². The fraction of sp³-hybridized carbons (Fsp3) is 0.385. The molecule has 108 valence electrons. The van der Waals surface area contributed by atoms with E-state index in [2.05, 4.69) is 15.5 Å². The standard InChI is InChI=1S/C13H12N4O4/c1-7-4-8-10(16-15-7)12(21)17(11(8)20)13(6-18)3-2-9(19)14-5-13/h4,6H,2-3,5H2,1H3,(H,14,19). The van der Waals surface area contributed by atoms with E-state index in [0.29, 0.717) is 12.0 Å². The summed E-state index contributed by atoms with van der Waals surface area (Å²) < 4.78 is 0. The van der Waals surface area contributed by atoms with Crippen molar-refractivity contribution in [1.29, 1.82) is 0 Å². The molecule has 3 amide bonds. The number of fused-ring (bicyclic) bond motifs is 1. The van der Waals surface area contributed by atoms with Crippen molar-refractivity contribution in [3.8, 4) is 0 Å². The van der Waals surface area contributed by atoms with E-state index in [1.54, 1.807) is 6.92 Å². The molecule has 2 aliphatic rings. The summed E-state index contributed by atoms with van der Waals surface area (Å²) in [5, 5.41) is 10.0. The third-order valence-corrected chi connectivity index (χ3v) is 3.80. The lowest BCUT2D eigenvalue weighted by atomic mass is 9.89. The van der Waals surface area contributed by atoms with E-state index in [0.717, 1.165) is 4.90 Å². The number of aryl methyl sites for hydroxylation is 1.